The molecule has 3 nitrogen and oxygen atoms in total. The number of furan rings is 1. The monoisotopic (exact) mass is 330 g/mol. The summed E-state index contributed by atoms with van der Waals surface area (Å²) < 4.78 is 11.0. The minimum Gasteiger partial charge on any atom is -0.497 e. The Kier molecular flexibility index (Phi) is 3.32. The Labute approximate surface area is 124 Å². The molecule has 0 saturated carbocycles. The summed E-state index contributed by atoms with van der Waals surface area (Å²) in [5.74, 6) is 0.990. The summed E-state index contributed by atoms with van der Waals surface area (Å²) in [6.45, 7) is 0. The molecule has 4 heteroatoms. The van der Waals surface area contributed by atoms with Crippen LogP contribution in [-0.2, 0) is 0 Å². The van der Waals surface area contributed by atoms with Gasteiger partial charge >= 0.3 is 0 Å². The molecular weight excluding hydrogens is 320 g/mol. The van der Waals surface area contributed by atoms with Gasteiger partial charge in [0, 0.05) is 5.56 Å². The normalized spacial score (nSPS) is 10.7. The van der Waals surface area contributed by atoms with Crippen LogP contribution in [0.2, 0.25) is 0 Å². The highest BCUT2D eigenvalue weighted by Gasteiger charge is 2.13. The summed E-state index contributed by atoms with van der Waals surface area (Å²) in [7, 11) is 1.63. The molecule has 0 radical (unpaired) electrons. The van der Waals surface area contributed by atoms with Crippen LogP contribution < -0.4 is 4.74 Å². The average Bonchev–Trinajstić information content (AvgIpc) is 2.92. The van der Waals surface area contributed by atoms with Crippen LogP contribution in [0.3, 0.4) is 0 Å². The molecule has 1 aromatic heterocycles. The highest BCUT2D eigenvalue weighted by atomic mass is 79.9. The standard InChI is InChI=1S/C16H11BrO3/c1-19-13-5-4-10-8-12(3-2-11(10)9-13)16(18)14-6-7-15(17)20-14/h2-9H,1H3. The van der Waals surface area contributed by atoms with Gasteiger partial charge in [0.2, 0.25) is 5.78 Å². The largest absolute Gasteiger partial charge is 0.497 e. The van der Waals surface area contributed by atoms with Crippen LogP contribution in [0.1, 0.15) is 16.1 Å². The van der Waals surface area contributed by atoms with Crippen LogP contribution in [0, 0.1) is 0 Å². The Balaban J connectivity index is 2.02. The second-order valence-electron chi connectivity index (χ2n) is 4.36. The zero-order valence-electron chi connectivity index (χ0n) is 10.7. The second-order valence-corrected chi connectivity index (χ2v) is 5.14. The molecule has 0 bridgehead atoms. The number of carbonyl (C=O) groups is 1. The molecule has 0 atom stereocenters. The van der Waals surface area contributed by atoms with E-state index in [1.54, 1.807) is 25.3 Å². The van der Waals surface area contributed by atoms with Crippen molar-refractivity contribution in [2.45, 2.75) is 0 Å². The quantitative estimate of drug-likeness (QED) is 0.666. The Morgan fingerprint density at radius 3 is 2.50 bits per heavy atom. The molecular formula is C16H11BrO3. The summed E-state index contributed by atoms with van der Waals surface area (Å²) in [5.41, 5.74) is 0.601. The Hall–Kier alpha value is -2.07. The van der Waals surface area contributed by atoms with Crippen LogP contribution in [-0.4, -0.2) is 12.9 Å². The van der Waals surface area contributed by atoms with Crippen molar-refractivity contribution >= 4 is 32.5 Å². The van der Waals surface area contributed by atoms with Gasteiger partial charge in [0.25, 0.3) is 0 Å². The fourth-order valence-electron chi connectivity index (χ4n) is 2.07. The molecule has 3 rings (SSSR count). The van der Waals surface area contributed by atoms with Gasteiger partial charge in [-0.1, -0.05) is 18.2 Å². The van der Waals surface area contributed by atoms with Crippen molar-refractivity contribution in [1.29, 1.82) is 0 Å². The van der Waals surface area contributed by atoms with Crippen molar-refractivity contribution in [2.75, 3.05) is 7.11 Å². The average molecular weight is 331 g/mol. The van der Waals surface area contributed by atoms with Gasteiger partial charge in [0.05, 0.1) is 7.11 Å². The topological polar surface area (TPSA) is 39.4 Å². The lowest BCUT2D eigenvalue weighted by Gasteiger charge is -2.04. The first-order chi connectivity index (χ1) is 9.67. The number of hydrogen-bond acceptors (Lipinski definition) is 3. The van der Waals surface area contributed by atoms with Crippen LogP contribution in [0.5, 0.6) is 5.75 Å². The van der Waals surface area contributed by atoms with E-state index >= 15 is 0 Å². The number of fused-ring (bicyclic) bond motifs is 1. The zero-order valence-corrected chi connectivity index (χ0v) is 12.3. The summed E-state index contributed by atoms with van der Waals surface area (Å²) in [6.07, 6.45) is 0. The number of halogens is 1. The third kappa shape index (κ3) is 2.34. The molecule has 0 aliphatic rings. The van der Waals surface area contributed by atoms with Gasteiger partial charge in [0.1, 0.15) is 5.75 Å². The van der Waals surface area contributed by atoms with Crippen LogP contribution in [0.25, 0.3) is 10.8 Å². The lowest BCUT2D eigenvalue weighted by Crippen LogP contribution is -1.99. The van der Waals surface area contributed by atoms with Crippen molar-refractivity contribution < 1.29 is 13.9 Å². The van der Waals surface area contributed by atoms with E-state index in [9.17, 15) is 4.79 Å². The Bertz CT molecular complexity index is 789. The first-order valence-corrected chi connectivity index (χ1v) is 6.84. The number of rotatable bonds is 3. The first kappa shape index (κ1) is 12.9. The van der Waals surface area contributed by atoms with E-state index < -0.39 is 0 Å². The van der Waals surface area contributed by atoms with E-state index in [-0.39, 0.29) is 5.78 Å². The molecule has 0 fully saturated rings. The van der Waals surface area contributed by atoms with Gasteiger partial charge in [-0.15, -0.1) is 0 Å². The molecule has 0 spiro atoms. The van der Waals surface area contributed by atoms with Gasteiger partial charge in [0.15, 0.2) is 10.4 Å². The lowest BCUT2D eigenvalue weighted by atomic mass is 10.0. The van der Waals surface area contributed by atoms with Gasteiger partial charge in [-0.2, -0.15) is 0 Å². The van der Waals surface area contributed by atoms with E-state index in [1.165, 1.54) is 0 Å². The Morgan fingerprint density at radius 1 is 1.05 bits per heavy atom. The van der Waals surface area contributed by atoms with Gasteiger partial charge in [-0.05, 0) is 57.0 Å². The van der Waals surface area contributed by atoms with Crippen LogP contribution in [0.15, 0.2) is 57.6 Å². The molecule has 100 valence electrons. The summed E-state index contributed by atoms with van der Waals surface area (Å²) >= 11 is 3.20. The third-order valence-electron chi connectivity index (χ3n) is 3.11. The predicted octanol–water partition coefficient (Wildman–Crippen LogP) is 4.43. The van der Waals surface area contributed by atoms with E-state index in [4.69, 9.17) is 9.15 Å². The summed E-state index contributed by atoms with van der Waals surface area (Å²) in [4.78, 5) is 12.3. The smallest absolute Gasteiger partial charge is 0.228 e. The number of methoxy groups -OCH3 is 1. The highest BCUT2D eigenvalue weighted by Crippen LogP contribution is 2.24. The first-order valence-electron chi connectivity index (χ1n) is 6.05. The van der Waals surface area contributed by atoms with Crippen molar-refractivity contribution in [1.82, 2.24) is 0 Å². The fraction of sp³-hybridized carbons (Fsp3) is 0.0625. The molecule has 0 unspecified atom stereocenters. The molecule has 20 heavy (non-hydrogen) atoms. The number of benzene rings is 2. The molecule has 1 heterocycles. The second kappa shape index (κ2) is 5.13. The van der Waals surface area contributed by atoms with E-state index in [0.29, 0.717) is 16.0 Å². The van der Waals surface area contributed by atoms with Gasteiger partial charge in [-0.3, -0.25) is 4.79 Å². The van der Waals surface area contributed by atoms with Crippen molar-refractivity contribution in [3.63, 3.8) is 0 Å². The van der Waals surface area contributed by atoms with Gasteiger partial charge in [-0.25, -0.2) is 0 Å². The van der Waals surface area contributed by atoms with E-state index in [1.807, 2.05) is 30.3 Å². The molecule has 0 amide bonds. The minimum atomic E-state index is -0.131. The Morgan fingerprint density at radius 2 is 1.80 bits per heavy atom. The number of ketones is 1. The lowest BCUT2D eigenvalue weighted by molar-refractivity contribution is 0.101. The molecule has 0 saturated heterocycles. The maximum absolute atomic E-state index is 12.3. The molecule has 0 N–H and O–H groups in total. The minimum absolute atomic E-state index is 0.131. The summed E-state index contributed by atoms with van der Waals surface area (Å²) in [6, 6.07) is 14.7. The summed E-state index contributed by atoms with van der Waals surface area (Å²) in [5, 5.41) is 2.02. The maximum Gasteiger partial charge on any atom is 0.228 e. The number of carbonyl (C=O) groups excluding carboxylic acids is 1. The third-order valence-corrected chi connectivity index (χ3v) is 3.53. The highest BCUT2D eigenvalue weighted by molar-refractivity contribution is 9.10. The van der Waals surface area contributed by atoms with Crippen molar-refractivity contribution in [2.24, 2.45) is 0 Å². The molecule has 0 aliphatic carbocycles. The SMILES string of the molecule is COc1ccc2cc(C(=O)c3ccc(Br)o3)ccc2c1. The zero-order chi connectivity index (χ0) is 14.1. The number of hydrogen-bond donors (Lipinski definition) is 0. The number of ether oxygens (including phenoxy) is 1. The van der Waals surface area contributed by atoms with Crippen LogP contribution in [0.4, 0.5) is 0 Å². The van der Waals surface area contributed by atoms with Gasteiger partial charge < -0.3 is 9.15 Å². The van der Waals surface area contributed by atoms with Crippen molar-refractivity contribution in [3.8, 4) is 5.75 Å². The maximum atomic E-state index is 12.3. The molecule has 3 aromatic rings. The predicted molar refractivity (Wildman–Crippen MR) is 80.3 cm³/mol. The van der Waals surface area contributed by atoms with Crippen LogP contribution >= 0.6 is 15.9 Å². The van der Waals surface area contributed by atoms with Crippen molar-refractivity contribution in [3.05, 3.63) is 64.5 Å². The molecule has 2 aromatic carbocycles. The van der Waals surface area contributed by atoms with E-state index in [0.717, 1.165) is 16.5 Å². The van der Waals surface area contributed by atoms with E-state index in [2.05, 4.69) is 15.9 Å². The fourth-order valence-corrected chi connectivity index (χ4v) is 2.38. The molecule has 0 aliphatic heterocycles.